The van der Waals surface area contributed by atoms with Gasteiger partial charge in [0, 0.05) is 6.42 Å². The summed E-state index contributed by atoms with van der Waals surface area (Å²) in [6, 6.07) is 0. The molecule has 0 amide bonds. The van der Waals surface area contributed by atoms with Gasteiger partial charge in [0.15, 0.2) is 0 Å². The predicted octanol–water partition coefficient (Wildman–Crippen LogP) is 4.63. The van der Waals surface area contributed by atoms with E-state index in [2.05, 4.69) is 13.8 Å². The quantitative estimate of drug-likeness (QED) is 0.786. The van der Waals surface area contributed by atoms with Crippen molar-refractivity contribution in [1.82, 2.24) is 0 Å². The van der Waals surface area contributed by atoms with Crippen LogP contribution in [0.1, 0.15) is 78.1 Å². The molecule has 2 heteroatoms. The predicted molar refractivity (Wildman–Crippen MR) is 75.9 cm³/mol. The maximum atomic E-state index is 11.0. The fraction of sp³-hybridized carbons (Fsp3) is 0.941. The highest BCUT2D eigenvalue weighted by molar-refractivity contribution is 5.66. The van der Waals surface area contributed by atoms with Gasteiger partial charge in [0.2, 0.25) is 0 Å². The van der Waals surface area contributed by atoms with Crippen molar-refractivity contribution < 1.29 is 9.90 Å². The Morgan fingerprint density at radius 3 is 1.95 bits per heavy atom. The van der Waals surface area contributed by atoms with Crippen LogP contribution in [0.25, 0.3) is 0 Å². The molecule has 4 saturated carbocycles. The first-order valence-corrected chi connectivity index (χ1v) is 8.16. The van der Waals surface area contributed by atoms with Crippen LogP contribution in [0, 0.1) is 22.2 Å². The topological polar surface area (TPSA) is 37.3 Å². The first-order chi connectivity index (χ1) is 8.94. The van der Waals surface area contributed by atoms with Crippen molar-refractivity contribution in [3.05, 3.63) is 0 Å². The van der Waals surface area contributed by atoms with E-state index in [0.29, 0.717) is 22.7 Å². The fourth-order valence-corrected chi connectivity index (χ4v) is 6.50. The molecule has 108 valence electrons. The van der Waals surface area contributed by atoms with Crippen LogP contribution in [0.15, 0.2) is 0 Å². The maximum Gasteiger partial charge on any atom is 0.303 e. The van der Waals surface area contributed by atoms with Crippen molar-refractivity contribution in [2.45, 2.75) is 78.1 Å². The van der Waals surface area contributed by atoms with Crippen LogP contribution in [0.3, 0.4) is 0 Å². The third kappa shape index (κ3) is 2.11. The lowest BCUT2D eigenvalue weighted by Gasteiger charge is -2.67. The highest BCUT2D eigenvalue weighted by Crippen LogP contribution is 2.72. The molecule has 0 spiro atoms. The van der Waals surface area contributed by atoms with E-state index in [9.17, 15) is 4.79 Å². The van der Waals surface area contributed by atoms with Crippen molar-refractivity contribution in [3.8, 4) is 0 Å². The van der Waals surface area contributed by atoms with Gasteiger partial charge in [0.25, 0.3) is 0 Å². The number of carbonyl (C=O) groups is 1. The van der Waals surface area contributed by atoms with Crippen LogP contribution >= 0.6 is 0 Å². The minimum atomic E-state index is -0.605. The molecule has 0 aliphatic heterocycles. The van der Waals surface area contributed by atoms with Crippen molar-refractivity contribution in [1.29, 1.82) is 0 Å². The summed E-state index contributed by atoms with van der Waals surface area (Å²) in [5.74, 6) is 0.289. The molecule has 0 heterocycles. The van der Waals surface area contributed by atoms with Crippen LogP contribution in [-0.4, -0.2) is 11.1 Å². The second kappa shape index (κ2) is 4.23. The summed E-state index contributed by atoms with van der Waals surface area (Å²) in [5.41, 5.74) is 1.51. The number of carboxylic acids is 1. The molecule has 2 unspecified atom stereocenters. The van der Waals surface area contributed by atoms with Crippen molar-refractivity contribution >= 4 is 5.97 Å². The summed E-state index contributed by atoms with van der Waals surface area (Å²) in [7, 11) is 0. The average molecular weight is 264 g/mol. The van der Waals surface area contributed by atoms with Crippen molar-refractivity contribution in [2.75, 3.05) is 0 Å². The van der Waals surface area contributed by atoms with E-state index in [1.165, 1.54) is 51.4 Å². The summed E-state index contributed by atoms with van der Waals surface area (Å²) in [4.78, 5) is 11.0. The Kier molecular flexibility index (Phi) is 3.00. The Morgan fingerprint density at radius 2 is 1.47 bits per heavy atom. The maximum absolute atomic E-state index is 11.0. The molecule has 4 aliphatic carbocycles. The zero-order valence-electron chi connectivity index (χ0n) is 12.5. The SMILES string of the molecule is CCC12CC3CC(CC)(C1)CC(CCC(=O)O)(C3)C2. The van der Waals surface area contributed by atoms with E-state index in [1.807, 2.05) is 0 Å². The van der Waals surface area contributed by atoms with Crippen LogP contribution in [0.4, 0.5) is 0 Å². The lowest BCUT2D eigenvalue weighted by atomic mass is 9.38. The fourth-order valence-electron chi connectivity index (χ4n) is 6.50. The van der Waals surface area contributed by atoms with E-state index in [0.717, 1.165) is 12.3 Å². The molecule has 4 bridgehead atoms. The second-order valence-electron chi connectivity index (χ2n) is 8.11. The lowest BCUT2D eigenvalue weighted by Crippen LogP contribution is -2.56. The number of hydrogen-bond donors (Lipinski definition) is 1. The first-order valence-electron chi connectivity index (χ1n) is 8.16. The Hall–Kier alpha value is -0.530. The van der Waals surface area contributed by atoms with Gasteiger partial charge < -0.3 is 5.11 Å². The van der Waals surface area contributed by atoms with Crippen LogP contribution in [0.2, 0.25) is 0 Å². The van der Waals surface area contributed by atoms with Gasteiger partial charge in [-0.25, -0.2) is 0 Å². The van der Waals surface area contributed by atoms with E-state index >= 15 is 0 Å². The van der Waals surface area contributed by atoms with Crippen LogP contribution in [0.5, 0.6) is 0 Å². The Morgan fingerprint density at radius 1 is 1.00 bits per heavy atom. The molecule has 4 rings (SSSR count). The Bertz CT molecular complexity index is 367. The molecule has 4 aliphatic rings. The minimum Gasteiger partial charge on any atom is -0.481 e. The minimum absolute atomic E-state index is 0.379. The second-order valence-corrected chi connectivity index (χ2v) is 8.11. The van der Waals surface area contributed by atoms with Gasteiger partial charge in [-0.3, -0.25) is 4.79 Å². The molecular weight excluding hydrogens is 236 g/mol. The molecule has 1 N–H and O–H groups in total. The van der Waals surface area contributed by atoms with Gasteiger partial charge in [0.05, 0.1) is 0 Å². The molecule has 0 aromatic heterocycles. The molecule has 0 saturated heterocycles. The van der Waals surface area contributed by atoms with E-state index in [-0.39, 0.29) is 0 Å². The highest BCUT2D eigenvalue weighted by atomic mass is 16.4. The van der Waals surface area contributed by atoms with Crippen LogP contribution in [-0.2, 0) is 4.79 Å². The average Bonchev–Trinajstić information content (AvgIpc) is 2.35. The molecule has 2 atom stereocenters. The van der Waals surface area contributed by atoms with Gasteiger partial charge in [-0.05, 0) is 67.1 Å². The normalized spacial score (nSPS) is 47.6. The van der Waals surface area contributed by atoms with E-state index in [1.54, 1.807) is 0 Å². The van der Waals surface area contributed by atoms with Gasteiger partial charge in [0.1, 0.15) is 0 Å². The summed E-state index contributed by atoms with van der Waals surface area (Å²) < 4.78 is 0. The molecule has 0 aromatic carbocycles. The molecule has 4 fully saturated rings. The van der Waals surface area contributed by atoms with Gasteiger partial charge >= 0.3 is 5.97 Å². The van der Waals surface area contributed by atoms with Gasteiger partial charge in [-0.15, -0.1) is 0 Å². The van der Waals surface area contributed by atoms with Crippen molar-refractivity contribution in [2.24, 2.45) is 22.2 Å². The molecule has 0 aromatic rings. The zero-order chi connectivity index (χ0) is 13.7. The number of carboxylic acid groups (broad SMARTS) is 1. The number of hydrogen-bond acceptors (Lipinski definition) is 1. The number of aliphatic carboxylic acids is 1. The summed E-state index contributed by atoms with van der Waals surface area (Å²) >= 11 is 0. The third-order valence-electron chi connectivity index (χ3n) is 6.78. The Balaban J connectivity index is 1.88. The first kappa shape index (κ1) is 13.5. The van der Waals surface area contributed by atoms with E-state index < -0.39 is 5.97 Å². The standard InChI is InChI=1S/C17H28O2/c1-3-15-7-13-8-16(4-2,10-15)12-17(9-13,11-15)6-5-14(18)19/h13H,3-12H2,1-2H3,(H,18,19). The summed E-state index contributed by atoms with van der Waals surface area (Å²) in [6.45, 7) is 4.72. The van der Waals surface area contributed by atoms with Gasteiger partial charge in [-0.2, -0.15) is 0 Å². The largest absolute Gasteiger partial charge is 0.481 e. The van der Waals surface area contributed by atoms with Gasteiger partial charge in [-0.1, -0.05) is 26.7 Å². The van der Waals surface area contributed by atoms with Crippen molar-refractivity contribution in [3.63, 3.8) is 0 Å². The molecule has 0 radical (unpaired) electrons. The lowest BCUT2D eigenvalue weighted by molar-refractivity contribution is -0.168. The van der Waals surface area contributed by atoms with E-state index in [4.69, 9.17) is 5.11 Å². The summed E-state index contributed by atoms with van der Waals surface area (Å²) in [5, 5.41) is 9.06. The number of rotatable bonds is 5. The smallest absolute Gasteiger partial charge is 0.303 e. The zero-order valence-corrected chi connectivity index (χ0v) is 12.5. The molecule has 19 heavy (non-hydrogen) atoms. The molecule has 2 nitrogen and oxygen atoms in total. The molecular formula is C17H28O2. The Labute approximate surface area is 117 Å². The third-order valence-corrected chi connectivity index (χ3v) is 6.78. The summed E-state index contributed by atoms with van der Waals surface area (Å²) in [6.07, 6.45) is 12.2. The monoisotopic (exact) mass is 264 g/mol. The van der Waals surface area contributed by atoms with Crippen LogP contribution < -0.4 is 0 Å². The highest BCUT2D eigenvalue weighted by Gasteiger charge is 2.61.